The molecule has 0 spiro atoms. The number of esters is 1. The van der Waals surface area contributed by atoms with E-state index in [2.05, 4.69) is 31.9 Å². The number of hydrogen-bond donors (Lipinski definition) is 0. The van der Waals surface area contributed by atoms with Crippen LogP contribution in [0.15, 0.2) is 72.8 Å². The average molecular weight is 799 g/mol. The number of fused-ring (bicyclic) bond motifs is 6. The highest BCUT2D eigenvalue weighted by Gasteiger charge is 2.66. The third kappa shape index (κ3) is 5.63. The lowest BCUT2D eigenvalue weighted by molar-refractivity contribution is -0.123. The van der Waals surface area contributed by atoms with E-state index in [1.807, 2.05) is 25.1 Å². The number of carbonyl (C=O) groups excluding carboxylic acids is 4. The number of ether oxygens (including phenoxy) is 1. The van der Waals surface area contributed by atoms with Gasteiger partial charge >= 0.3 is 5.97 Å². The van der Waals surface area contributed by atoms with Gasteiger partial charge in [0.2, 0.25) is 17.6 Å². The largest absolute Gasteiger partial charge is 0.450 e. The molecule has 3 aromatic carbocycles. The molecule has 7 atom stereocenters. The zero-order valence-electron chi connectivity index (χ0n) is 25.0. The van der Waals surface area contributed by atoms with Gasteiger partial charge in [0.1, 0.15) is 0 Å². The summed E-state index contributed by atoms with van der Waals surface area (Å²) in [4.78, 5) is 60.6. The Hall–Kier alpha value is -3.11. The molecule has 11 heteroatoms. The minimum atomic E-state index is -1.10. The van der Waals surface area contributed by atoms with E-state index in [9.17, 15) is 19.2 Å². The van der Waals surface area contributed by atoms with E-state index >= 15 is 0 Å². The van der Waals surface area contributed by atoms with Crippen molar-refractivity contribution >= 4 is 95.2 Å². The number of nitrogens with zero attached hydrogens (tertiary/aromatic N) is 2. The summed E-state index contributed by atoms with van der Waals surface area (Å²) >= 11 is 19.5. The molecule has 2 heterocycles. The first-order valence-electron chi connectivity index (χ1n) is 15.3. The number of ketones is 1. The van der Waals surface area contributed by atoms with Crippen molar-refractivity contribution in [1.29, 1.82) is 0 Å². The van der Waals surface area contributed by atoms with Gasteiger partial charge in [0.05, 0.1) is 34.3 Å². The van der Waals surface area contributed by atoms with Gasteiger partial charge in [0.15, 0.2) is 6.10 Å². The van der Waals surface area contributed by atoms with Crippen molar-refractivity contribution in [2.75, 3.05) is 10.8 Å². The highest BCUT2D eigenvalue weighted by atomic mass is 79.9. The molecule has 47 heavy (non-hydrogen) atoms. The summed E-state index contributed by atoms with van der Waals surface area (Å²) in [5.41, 5.74) is 3.80. The number of halogens is 4. The van der Waals surface area contributed by atoms with Crippen LogP contribution in [0, 0.1) is 30.6 Å². The van der Waals surface area contributed by atoms with Gasteiger partial charge in [-0.2, -0.15) is 0 Å². The Morgan fingerprint density at radius 2 is 1.57 bits per heavy atom. The Morgan fingerprint density at radius 1 is 0.936 bits per heavy atom. The third-order valence-electron chi connectivity index (χ3n) is 9.63. The fourth-order valence-electron chi connectivity index (χ4n) is 7.38. The molecule has 2 amide bonds. The quantitative estimate of drug-likeness (QED) is 0.0773. The smallest absolute Gasteiger partial charge is 0.339 e. The number of alkyl halides is 3. The maximum Gasteiger partial charge on any atom is 0.339 e. The molecule has 3 aliphatic rings. The molecule has 0 N–H and O–H groups in total. The van der Waals surface area contributed by atoms with Crippen LogP contribution in [0.25, 0.3) is 22.2 Å². The number of aryl methyl sites for hydroxylation is 1. The first kappa shape index (κ1) is 32.4. The van der Waals surface area contributed by atoms with Crippen molar-refractivity contribution in [1.82, 2.24) is 4.98 Å². The van der Waals surface area contributed by atoms with Gasteiger partial charge in [-0.25, -0.2) is 9.78 Å². The van der Waals surface area contributed by atoms with E-state index in [1.54, 1.807) is 54.6 Å². The molecule has 7 rings (SSSR count). The normalized spacial score (nSPS) is 25.3. The summed E-state index contributed by atoms with van der Waals surface area (Å²) in [5.74, 6) is -1.58. The molecule has 1 saturated heterocycles. The number of rotatable bonds is 8. The molecule has 240 valence electrons. The van der Waals surface area contributed by atoms with Crippen LogP contribution in [0.5, 0.6) is 0 Å². The van der Waals surface area contributed by atoms with Gasteiger partial charge in [-0.15, -0.1) is 11.6 Å². The Balaban J connectivity index is 1.19. The lowest BCUT2D eigenvalue weighted by Crippen LogP contribution is -2.37. The number of amides is 2. The van der Waals surface area contributed by atoms with Crippen molar-refractivity contribution < 1.29 is 23.9 Å². The van der Waals surface area contributed by atoms with Gasteiger partial charge in [0.25, 0.3) is 0 Å². The summed E-state index contributed by atoms with van der Waals surface area (Å²) in [6.07, 6.45) is -0.0954. The summed E-state index contributed by atoms with van der Waals surface area (Å²) in [7, 11) is 0. The second kappa shape index (κ2) is 12.7. The first-order chi connectivity index (χ1) is 22.6. The maximum atomic E-state index is 13.8. The van der Waals surface area contributed by atoms with Gasteiger partial charge < -0.3 is 4.74 Å². The van der Waals surface area contributed by atoms with Gasteiger partial charge in [0, 0.05) is 43.5 Å². The van der Waals surface area contributed by atoms with Crippen LogP contribution < -0.4 is 4.90 Å². The Bertz CT molecular complexity index is 1900. The Kier molecular flexibility index (Phi) is 8.79. The molecule has 1 aromatic heterocycles. The molecule has 3 fully saturated rings. The van der Waals surface area contributed by atoms with E-state index < -0.39 is 12.1 Å². The Labute approximate surface area is 298 Å². The SMILES string of the molecule is Cc1ccc2nc(-c3ccc(N4C(=O)C5C6CC(C(Br)C6Br)C5C4=O)cc3)cc(C(=O)OC(CCCl)C(=O)c3ccc(Cl)cc3)c2c1. The van der Waals surface area contributed by atoms with Crippen molar-refractivity contribution in [2.45, 2.75) is 35.5 Å². The highest BCUT2D eigenvalue weighted by molar-refractivity contribution is 9.12. The number of pyridine rings is 1. The molecular weight excluding hydrogens is 771 g/mol. The maximum absolute atomic E-state index is 13.8. The summed E-state index contributed by atoms with van der Waals surface area (Å²) in [6.45, 7) is 1.91. The van der Waals surface area contributed by atoms with Crippen LogP contribution in [0.4, 0.5) is 5.69 Å². The van der Waals surface area contributed by atoms with Crippen LogP contribution in [0.3, 0.4) is 0 Å². The van der Waals surface area contributed by atoms with Crippen molar-refractivity contribution in [3.8, 4) is 11.3 Å². The van der Waals surface area contributed by atoms with Gasteiger partial charge in [-0.05, 0) is 79.8 Å². The van der Waals surface area contributed by atoms with E-state index in [1.165, 1.54) is 4.90 Å². The molecule has 7 nitrogen and oxygen atoms in total. The predicted octanol–water partition coefficient (Wildman–Crippen LogP) is 8.18. The molecule has 2 bridgehead atoms. The monoisotopic (exact) mass is 796 g/mol. The average Bonchev–Trinajstić information content (AvgIpc) is 3.68. The lowest BCUT2D eigenvalue weighted by atomic mass is 9.81. The van der Waals surface area contributed by atoms with E-state index in [0.717, 1.165) is 12.0 Å². The van der Waals surface area contributed by atoms with Crippen LogP contribution in [-0.4, -0.2) is 50.2 Å². The summed E-state index contributed by atoms with van der Waals surface area (Å²) in [5, 5.41) is 1.07. The number of imide groups is 1. The second-order valence-corrected chi connectivity index (χ2v) is 15.3. The first-order valence-corrected chi connectivity index (χ1v) is 18.1. The number of aromatic nitrogens is 1. The van der Waals surface area contributed by atoms with Crippen LogP contribution in [-0.2, 0) is 14.3 Å². The molecule has 1 aliphatic heterocycles. The van der Waals surface area contributed by atoms with Crippen LogP contribution in [0.2, 0.25) is 5.02 Å². The number of Topliss-reactive ketones (excluding diaryl/α,β-unsaturated/α-hetero) is 1. The van der Waals surface area contributed by atoms with Crippen molar-refractivity contribution in [2.24, 2.45) is 23.7 Å². The molecule has 2 aliphatic carbocycles. The molecular formula is C36H28Br2Cl2N2O5. The minimum Gasteiger partial charge on any atom is -0.450 e. The number of anilines is 1. The zero-order valence-corrected chi connectivity index (χ0v) is 29.7. The summed E-state index contributed by atoms with van der Waals surface area (Å²) < 4.78 is 5.82. The van der Waals surface area contributed by atoms with Gasteiger partial charge in [-0.1, -0.05) is 67.2 Å². The van der Waals surface area contributed by atoms with Crippen molar-refractivity contribution in [3.63, 3.8) is 0 Å². The second-order valence-electron chi connectivity index (χ2n) is 12.4. The fourth-order valence-corrected chi connectivity index (χ4v) is 9.57. The lowest BCUT2D eigenvalue weighted by Gasteiger charge is -2.28. The Morgan fingerprint density at radius 3 is 2.19 bits per heavy atom. The van der Waals surface area contributed by atoms with E-state index in [-0.39, 0.29) is 68.8 Å². The van der Waals surface area contributed by atoms with Crippen molar-refractivity contribution in [3.05, 3.63) is 94.5 Å². The standard InChI is InChI=1S/C36H28Br2Cl2N2O5/c1-17-2-11-26-22(14-17)23(36(46)47-28(12-13-39)33(43)19-3-7-20(40)8-4-19)16-27(41-26)18-5-9-21(10-6-18)42-34(44)29-24-15-25(30(29)35(42)45)32(38)31(24)37/h2-11,14,16,24-25,28-32H,12-13,15H2,1H3. The molecule has 2 saturated carbocycles. The third-order valence-corrected chi connectivity index (χ3v) is 13.3. The molecule has 7 unspecified atom stereocenters. The zero-order chi connectivity index (χ0) is 33.1. The van der Waals surface area contributed by atoms with Crippen LogP contribution in [0.1, 0.15) is 39.1 Å². The van der Waals surface area contributed by atoms with E-state index in [4.69, 9.17) is 32.9 Å². The van der Waals surface area contributed by atoms with E-state index in [0.29, 0.717) is 38.4 Å². The summed E-state index contributed by atoms with van der Waals surface area (Å²) in [6, 6.07) is 20.7. The van der Waals surface area contributed by atoms with Gasteiger partial charge in [-0.3, -0.25) is 19.3 Å². The number of carbonyl (C=O) groups is 4. The molecule has 4 aromatic rings. The molecule has 0 radical (unpaired) electrons. The van der Waals surface area contributed by atoms with Crippen LogP contribution >= 0.6 is 55.1 Å². The highest BCUT2D eigenvalue weighted by Crippen LogP contribution is 2.60. The minimum absolute atomic E-state index is 0.114. The number of hydrogen-bond acceptors (Lipinski definition) is 6. The number of benzene rings is 3. The predicted molar refractivity (Wildman–Crippen MR) is 189 cm³/mol. The fraction of sp³-hybridized carbons (Fsp3) is 0.306. The topological polar surface area (TPSA) is 93.6 Å².